The summed E-state index contributed by atoms with van der Waals surface area (Å²) in [6, 6.07) is 0.685. The molecule has 0 bridgehead atoms. The molecule has 0 atom stereocenters. The largest absolute Gasteiger partial charge is 0.348 e. The Morgan fingerprint density at radius 1 is 1.25 bits per heavy atom. The molecule has 0 aromatic carbocycles. The van der Waals surface area contributed by atoms with E-state index in [1.807, 2.05) is 0 Å². The van der Waals surface area contributed by atoms with Crippen LogP contribution in [-0.4, -0.2) is 50.1 Å². The lowest BCUT2D eigenvalue weighted by Crippen LogP contribution is -2.43. The fourth-order valence-corrected chi connectivity index (χ4v) is 2.79. The summed E-state index contributed by atoms with van der Waals surface area (Å²) < 4.78 is 11.5. The molecular weight excluding hydrogens is 204 g/mol. The van der Waals surface area contributed by atoms with Gasteiger partial charge < -0.3 is 20.1 Å². The van der Waals surface area contributed by atoms with E-state index in [-0.39, 0.29) is 5.79 Å². The number of nitrogens with zero attached hydrogens (tertiary/aromatic N) is 1. The van der Waals surface area contributed by atoms with Gasteiger partial charge in [-0.05, 0) is 39.4 Å². The van der Waals surface area contributed by atoms with E-state index in [4.69, 9.17) is 15.2 Å². The topological polar surface area (TPSA) is 47.7 Å². The zero-order chi connectivity index (χ0) is 11.4. The molecule has 2 rings (SSSR count). The molecule has 16 heavy (non-hydrogen) atoms. The molecule has 0 radical (unpaired) electrons. The van der Waals surface area contributed by atoms with Crippen molar-refractivity contribution in [3.8, 4) is 0 Å². The lowest BCUT2D eigenvalue weighted by atomic mass is 9.89. The number of nitrogens with two attached hydrogens (primary N) is 1. The van der Waals surface area contributed by atoms with Crippen molar-refractivity contribution >= 4 is 0 Å². The number of hydrogen-bond donors (Lipinski definition) is 1. The molecule has 2 fully saturated rings. The average Bonchev–Trinajstić information content (AvgIpc) is 2.75. The molecule has 0 aromatic rings. The van der Waals surface area contributed by atoms with Gasteiger partial charge in [0.05, 0.1) is 13.2 Å². The molecule has 0 aromatic heterocycles. The predicted octanol–water partition coefficient (Wildman–Crippen LogP) is 0.953. The molecule has 1 heterocycles. The van der Waals surface area contributed by atoms with Crippen molar-refractivity contribution in [1.29, 1.82) is 0 Å². The lowest BCUT2D eigenvalue weighted by Gasteiger charge is -2.39. The van der Waals surface area contributed by atoms with E-state index in [9.17, 15) is 0 Å². The summed E-state index contributed by atoms with van der Waals surface area (Å²) in [7, 11) is 2.20. The van der Waals surface area contributed by atoms with Crippen molar-refractivity contribution in [2.45, 2.75) is 43.9 Å². The van der Waals surface area contributed by atoms with E-state index in [2.05, 4.69) is 11.9 Å². The third-order valence-electron chi connectivity index (χ3n) is 3.87. The van der Waals surface area contributed by atoms with Gasteiger partial charge in [0.25, 0.3) is 0 Å². The Morgan fingerprint density at radius 2 is 1.88 bits per heavy atom. The van der Waals surface area contributed by atoms with Gasteiger partial charge >= 0.3 is 0 Å². The van der Waals surface area contributed by atoms with Crippen molar-refractivity contribution in [3.05, 3.63) is 0 Å². The zero-order valence-electron chi connectivity index (χ0n) is 10.3. The van der Waals surface area contributed by atoms with Crippen LogP contribution < -0.4 is 5.73 Å². The van der Waals surface area contributed by atoms with Gasteiger partial charge in [-0.2, -0.15) is 0 Å². The molecule has 1 aliphatic heterocycles. The fraction of sp³-hybridized carbons (Fsp3) is 1.00. The quantitative estimate of drug-likeness (QED) is 0.778. The van der Waals surface area contributed by atoms with Gasteiger partial charge in [0.15, 0.2) is 5.79 Å². The minimum atomic E-state index is -0.217. The summed E-state index contributed by atoms with van der Waals surface area (Å²) in [6.45, 7) is 3.43. The smallest absolute Gasteiger partial charge is 0.168 e. The molecule has 94 valence electrons. The Balaban J connectivity index is 1.75. The van der Waals surface area contributed by atoms with Crippen LogP contribution in [0.25, 0.3) is 0 Å². The van der Waals surface area contributed by atoms with Crippen LogP contribution in [0.3, 0.4) is 0 Å². The van der Waals surface area contributed by atoms with Crippen molar-refractivity contribution in [3.63, 3.8) is 0 Å². The molecule has 0 amide bonds. The second-order valence-electron chi connectivity index (χ2n) is 4.96. The first kappa shape index (κ1) is 12.3. The van der Waals surface area contributed by atoms with Crippen molar-refractivity contribution < 1.29 is 9.47 Å². The van der Waals surface area contributed by atoms with E-state index < -0.39 is 0 Å². The summed E-state index contributed by atoms with van der Waals surface area (Å²) in [6.07, 6.45) is 5.54. The molecule has 4 nitrogen and oxygen atoms in total. The van der Waals surface area contributed by atoms with Gasteiger partial charge in [0.1, 0.15) is 0 Å². The normalized spacial score (nSPS) is 25.7. The summed E-state index contributed by atoms with van der Waals surface area (Å²) in [5.74, 6) is -0.217. The number of ether oxygens (including phenoxy) is 2. The molecular formula is C12H24N2O2. The van der Waals surface area contributed by atoms with Crippen molar-refractivity contribution in [2.75, 3.05) is 33.4 Å². The Kier molecular flexibility index (Phi) is 4.19. The molecule has 2 aliphatic rings. The van der Waals surface area contributed by atoms with Crippen LogP contribution in [0.2, 0.25) is 0 Å². The number of hydrogen-bond acceptors (Lipinski definition) is 4. The van der Waals surface area contributed by atoms with Gasteiger partial charge in [-0.3, -0.25) is 0 Å². The van der Waals surface area contributed by atoms with Crippen LogP contribution in [0, 0.1) is 0 Å². The van der Waals surface area contributed by atoms with Crippen LogP contribution in [-0.2, 0) is 9.47 Å². The average molecular weight is 228 g/mol. The first-order valence-corrected chi connectivity index (χ1v) is 6.44. The lowest BCUT2D eigenvalue weighted by molar-refractivity contribution is -0.183. The van der Waals surface area contributed by atoms with Gasteiger partial charge in [-0.1, -0.05) is 0 Å². The predicted molar refractivity (Wildman–Crippen MR) is 63.2 cm³/mol. The van der Waals surface area contributed by atoms with E-state index in [1.165, 1.54) is 12.8 Å². The Morgan fingerprint density at radius 3 is 2.44 bits per heavy atom. The van der Waals surface area contributed by atoms with E-state index in [1.54, 1.807) is 0 Å². The SMILES string of the molecule is CN(CCCN)C1CCC2(CC1)OCCO2. The van der Waals surface area contributed by atoms with Crippen LogP contribution in [0.1, 0.15) is 32.1 Å². The van der Waals surface area contributed by atoms with Gasteiger partial charge in [-0.25, -0.2) is 0 Å². The molecule has 1 spiro atoms. The van der Waals surface area contributed by atoms with E-state index in [0.717, 1.165) is 45.6 Å². The molecule has 2 N–H and O–H groups in total. The van der Waals surface area contributed by atoms with E-state index >= 15 is 0 Å². The highest BCUT2D eigenvalue weighted by molar-refractivity contribution is 4.85. The second kappa shape index (κ2) is 5.45. The first-order chi connectivity index (χ1) is 7.76. The summed E-state index contributed by atoms with van der Waals surface area (Å²) in [5.41, 5.74) is 5.53. The summed E-state index contributed by atoms with van der Waals surface area (Å²) >= 11 is 0. The third kappa shape index (κ3) is 2.74. The van der Waals surface area contributed by atoms with Gasteiger partial charge in [0.2, 0.25) is 0 Å². The Labute approximate surface area is 98.1 Å². The summed E-state index contributed by atoms with van der Waals surface area (Å²) in [5, 5.41) is 0. The zero-order valence-corrected chi connectivity index (χ0v) is 10.3. The first-order valence-electron chi connectivity index (χ1n) is 6.44. The van der Waals surface area contributed by atoms with Crippen LogP contribution in [0.15, 0.2) is 0 Å². The second-order valence-corrected chi connectivity index (χ2v) is 4.96. The Bertz CT molecular complexity index is 207. The minimum absolute atomic E-state index is 0.217. The van der Waals surface area contributed by atoms with Crippen LogP contribution >= 0.6 is 0 Å². The summed E-state index contributed by atoms with van der Waals surface area (Å²) in [4.78, 5) is 2.44. The maximum absolute atomic E-state index is 5.73. The standard InChI is InChI=1S/C12H24N2O2/c1-14(8-2-7-13)11-3-5-12(6-4-11)15-9-10-16-12/h11H,2-10,13H2,1H3. The third-order valence-corrected chi connectivity index (χ3v) is 3.87. The maximum atomic E-state index is 5.73. The van der Waals surface area contributed by atoms with Crippen LogP contribution in [0.5, 0.6) is 0 Å². The van der Waals surface area contributed by atoms with E-state index in [0.29, 0.717) is 6.04 Å². The highest BCUT2D eigenvalue weighted by atomic mass is 16.7. The van der Waals surface area contributed by atoms with Crippen molar-refractivity contribution in [2.24, 2.45) is 5.73 Å². The highest BCUT2D eigenvalue weighted by Gasteiger charge is 2.40. The monoisotopic (exact) mass is 228 g/mol. The number of rotatable bonds is 4. The molecule has 1 saturated carbocycles. The van der Waals surface area contributed by atoms with Gasteiger partial charge in [0, 0.05) is 18.9 Å². The van der Waals surface area contributed by atoms with Crippen LogP contribution in [0.4, 0.5) is 0 Å². The Hall–Kier alpha value is -0.160. The molecule has 0 unspecified atom stereocenters. The molecule has 1 aliphatic carbocycles. The van der Waals surface area contributed by atoms with Gasteiger partial charge in [-0.15, -0.1) is 0 Å². The van der Waals surface area contributed by atoms with Crippen molar-refractivity contribution in [1.82, 2.24) is 4.90 Å². The minimum Gasteiger partial charge on any atom is -0.348 e. The molecule has 4 heteroatoms. The fourth-order valence-electron chi connectivity index (χ4n) is 2.79. The highest BCUT2D eigenvalue weighted by Crippen LogP contribution is 2.36. The molecule has 1 saturated heterocycles. The maximum Gasteiger partial charge on any atom is 0.168 e.